The molecular weight excluding hydrogens is 344 g/mol. The third kappa shape index (κ3) is 3.37. The minimum Gasteiger partial charge on any atom is -0.328 e. The largest absolute Gasteiger partial charge is 0.328 e. The molecule has 4 aromatic rings. The van der Waals surface area contributed by atoms with E-state index in [0.717, 1.165) is 59.9 Å². The Hall–Kier alpha value is -2.82. The van der Waals surface area contributed by atoms with Crippen molar-refractivity contribution in [1.82, 2.24) is 14.9 Å². The van der Waals surface area contributed by atoms with E-state index in [1.807, 2.05) is 30.7 Å². The van der Waals surface area contributed by atoms with Gasteiger partial charge < -0.3 is 5.73 Å². The normalized spacial score (nSPS) is 16.0. The first-order valence-corrected chi connectivity index (χ1v) is 9.96. The van der Waals surface area contributed by atoms with Gasteiger partial charge in [-0.3, -0.25) is 14.9 Å². The smallest absolute Gasteiger partial charge is 0.0702 e. The number of para-hydroxylation sites is 1. The summed E-state index contributed by atoms with van der Waals surface area (Å²) in [5.74, 6) is 0. The summed E-state index contributed by atoms with van der Waals surface area (Å²) in [4.78, 5) is 11.6. The summed E-state index contributed by atoms with van der Waals surface area (Å²) in [5.41, 5.74) is 10.6. The maximum atomic E-state index is 6.05. The fourth-order valence-electron chi connectivity index (χ4n) is 4.13. The third-order valence-corrected chi connectivity index (χ3v) is 5.77. The highest BCUT2D eigenvalue weighted by atomic mass is 15.1. The van der Waals surface area contributed by atoms with Crippen LogP contribution < -0.4 is 5.73 Å². The van der Waals surface area contributed by atoms with Crippen LogP contribution in [0.25, 0.3) is 32.8 Å². The first-order valence-electron chi connectivity index (χ1n) is 9.96. The van der Waals surface area contributed by atoms with Gasteiger partial charge in [-0.15, -0.1) is 0 Å². The molecule has 4 heteroatoms. The molecule has 0 amide bonds. The molecule has 5 rings (SSSR count). The monoisotopic (exact) mass is 368 g/mol. The Morgan fingerprint density at radius 2 is 1.79 bits per heavy atom. The molecule has 4 nitrogen and oxygen atoms in total. The maximum Gasteiger partial charge on any atom is 0.0702 e. The number of benzene rings is 2. The molecule has 140 valence electrons. The predicted molar refractivity (Wildman–Crippen MR) is 115 cm³/mol. The van der Waals surface area contributed by atoms with E-state index in [0.29, 0.717) is 6.04 Å². The van der Waals surface area contributed by atoms with Gasteiger partial charge in [0.25, 0.3) is 0 Å². The van der Waals surface area contributed by atoms with Crippen molar-refractivity contribution in [3.05, 3.63) is 72.7 Å². The van der Waals surface area contributed by atoms with E-state index in [-0.39, 0.29) is 0 Å². The van der Waals surface area contributed by atoms with Gasteiger partial charge >= 0.3 is 0 Å². The van der Waals surface area contributed by atoms with E-state index in [4.69, 9.17) is 5.73 Å². The van der Waals surface area contributed by atoms with E-state index in [2.05, 4.69) is 51.3 Å². The molecule has 2 aromatic carbocycles. The van der Waals surface area contributed by atoms with E-state index in [1.165, 1.54) is 10.9 Å². The fraction of sp³-hybridized carbons (Fsp3) is 0.250. The lowest BCUT2D eigenvalue weighted by atomic mass is 9.98. The molecule has 0 spiro atoms. The number of fused-ring (bicyclic) bond motifs is 2. The van der Waals surface area contributed by atoms with Crippen molar-refractivity contribution in [3.8, 4) is 11.1 Å². The van der Waals surface area contributed by atoms with Crippen molar-refractivity contribution in [1.29, 1.82) is 0 Å². The van der Waals surface area contributed by atoms with Crippen LogP contribution >= 0.6 is 0 Å². The summed E-state index contributed by atoms with van der Waals surface area (Å²) in [6, 6.07) is 17.5. The molecule has 2 aromatic heterocycles. The number of hydrogen-bond donors (Lipinski definition) is 1. The van der Waals surface area contributed by atoms with Crippen molar-refractivity contribution in [2.75, 3.05) is 13.1 Å². The van der Waals surface area contributed by atoms with Gasteiger partial charge in [0.2, 0.25) is 0 Å². The van der Waals surface area contributed by atoms with Crippen LogP contribution in [0.3, 0.4) is 0 Å². The molecule has 0 saturated carbocycles. The van der Waals surface area contributed by atoms with E-state index in [9.17, 15) is 0 Å². The van der Waals surface area contributed by atoms with Crippen molar-refractivity contribution in [3.63, 3.8) is 0 Å². The van der Waals surface area contributed by atoms with Crippen molar-refractivity contribution in [2.24, 2.45) is 5.73 Å². The SMILES string of the molecule is NC1CCN(Cc2ccc3cncc(-c4cnc5ccccc5c4)c3c2)CC1. The van der Waals surface area contributed by atoms with Gasteiger partial charge in [-0.2, -0.15) is 0 Å². The van der Waals surface area contributed by atoms with Gasteiger partial charge in [0.1, 0.15) is 0 Å². The van der Waals surface area contributed by atoms with Crippen molar-refractivity contribution in [2.45, 2.75) is 25.4 Å². The average molecular weight is 368 g/mol. The van der Waals surface area contributed by atoms with Crippen LogP contribution in [0.15, 0.2) is 67.1 Å². The van der Waals surface area contributed by atoms with Gasteiger partial charge in [0.05, 0.1) is 5.52 Å². The summed E-state index contributed by atoms with van der Waals surface area (Å²) >= 11 is 0. The highest BCUT2D eigenvalue weighted by Gasteiger charge is 2.16. The van der Waals surface area contributed by atoms with Crippen LogP contribution in [0.1, 0.15) is 18.4 Å². The minimum atomic E-state index is 0.367. The molecule has 1 fully saturated rings. The molecule has 3 heterocycles. The van der Waals surface area contributed by atoms with Gasteiger partial charge in [-0.1, -0.05) is 30.3 Å². The third-order valence-electron chi connectivity index (χ3n) is 5.77. The number of pyridine rings is 2. The topological polar surface area (TPSA) is 55.0 Å². The molecule has 1 saturated heterocycles. The van der Waals surface area contributed by atoms with Gasteiger partial charge in [0.15, 0.2) is 0 Å². The minimum absolute atomic E-state index is 0.367. The van der Waals surface area contributed by atoms with E-state index >= 15 is 0 Å². The molecule has 28 heavy (non-hydrogen) atoms. The van der Waals surface area contributed by atoms with Crippen LogP contribution in [0.2, 0.25) is 0 Å². The molecule has 2 N–H and O–H groups in total. The molecule has 0 radical (unpaired) electrons. The Bertz CT molecular complexity index is 1130. The fourth-order valence-corrected chi connectivity index (χ4v) is 4.13. The second kappa shape index (κ2) is 7.30. The Morgan fingerprint density at radius 1 is 0.929 bits per heavy atom. The summed E-state index contributed by atoms with van der Waals surface area (Å²) in [5, 5.41) is 3.55. The predicted octanol–water partition coefficient (Wildman–Crippen LogP) is 4.37. The lowest BCUT2D eigenvalue weighted by Crippen LogP contribution is -2.39. The Balaban J connectivity index is 1.53. The number of hydrogen-bond acceptors (Lipinski definition) is 4. The van der Waals surface area contributed by atoms with Gasteiger partial charge in [-0.05, 0) is 55.1 Å². The zero-order valence-electron chi connectivity index (χ0n) is 15.9. The molecule has 0 aliphatic carbocycles. The summed E-state index contributed by atoms with van der Waals surface area (Å²) < 4.78 is 0. The number of rotatable bonds is 3. The van der Waals surface area contributed by atoms with Crippen LogP contribution in [0.5, 0.6) is 0 Å². The Morgan fingerprint density at radius 3 is 2.68 bits per heavy atom. The lowest BCUT2D eigenvalue weighted by Gasteiger charge is -2.30. The van der Waals surface area contributed by atoms with E-state index in [1.54, 1.807) is 0 Å². The van der Waals surface area contributed by atoms with Gasteiger partial charge in [-0.25, -0.2) is 0 Å². The molecule has 1 aliphatic rings. The molecule has 0 unspecified atom stereocenters. The number of nitrogens with two attached hydrogens (primary N) is 1. The van der Waals surface area contributed by atoms with Gasteiger partial charge in [0, 0.05) is 53.1 Å². The highest BCUT2D eigenvalue weighted by molar-refractivity contribution is 5.97. The van der Waals surface area contributed by atoms with Crippen LogP contribution in [-0.2, 0) is 6.54 Å². The van der Waals surface area contributed by atoms with Crippen LogP contribution in [0.4, 0.5) is 0 Å². The standard InChI is InChI=1S/C24H24N4/c25-21-7-9-28(10-8-21)16-17-5-6-19-13-26-15-23(22(19)11-17)20-12-18-3-1-2-4-24(18)27-14-20/h1-6,11-15,21H,7-10,16,25H2. The zero-order chi connectivity index (χ0) is 18.9. The number of piperidine rings is 1. The number of aromatic nitrogens is 2. The van der Waals surface area contributed by atoms with E-state index < -0.39 is 0 Å². The molecule has 1 aliphatic heterocycles. The highest BCUT2D eigenvalue weighted by Crippen LogP contribution is 2.30. The van der Waals surface area contributed by atoms with Crippen molar-refractivity contribution >= 4 is 21.7 Å². The first kappa shape index (κ1) is 17.3. The number of nitrogens with zero attached hydrogens (tertiary/aromatic N) is 3. The first-order chi connectivity index (χ1) is 13.8. The quantitative estimate of drug-likeness (QED) is 0.583. The second-order valence-electron chi connectivity index (χ2n) is 7.77. The Kier molecular flexibility index (Phi) is 4.51. The molecule has 0 atom stereocenters. The van der Waals surface area contributed by atoms with Crippen molar-refractivity contribution < 1.29 is 0 Å². The molecular formula is C24H24N4. The maximum absolute atomic E-state index is 6.05. The summed E-state index contributed by atoms with van der Waals surface area (Å²) in [6.45, 7) is 3.13. The van der Waals surface area contributed by atoms with Crippen LogP contribution in [-0.4, -0.2) is 34.0 Å². The molecule has 0 bridgehead atoms. The average Bonchev–Trinajstić information content (AvgIpc) is 2.74. The second-order valence-corrected chi connectivity index (χ2v) is 7.77. The summed E-state index contributed by atoms with van der Waals surface area (Å²) in [6.07, 6.45) is 8.03. The lowest BCUT2D eigenvalue weighted by molar-refractivity contribution is 0.206. The number of likely N-dealkylation sites (tertiary alicyclic amines) is 1. The Labute approximate surface area is 165 Å². The van der Waals surface area contributed by atoms with Crippen LogP contribution in [0, 0.1) is 0 Å². The zero-order valence-corrected chi connectivity index (χ0v) is 15.9. The summed E-state index contributed by atoms with van der Waals surface area (Å²) in [7, 11) is 0.